The Kier molecular flexibility index (Phi) is 18.9. The second kappa shape index (κ2) is 16.8. The number of hydrogen-bond acceptors (Lipinski definition) is 16. The SMILES string of the molecule is O=C([O-])[C@H](O)[C@@H](O)[C@H](O)[C@H](O)[C@H](O)CO.O=C([O-])[C@H](O)[C@@H](O)[C@H](O)[C@H](O)[C@H](O)CO.[Sn+2]. The van der Waals surface area contributed by atoms with Crippen LogP contribution in [-0.2, 0) is 9.59 Å². The molecule has 0 spiro atoms. The van der Waals surface area contributed by atoms with Crippen molar-refractivity contribution in [3.63, 3.8) is 0 Å². The number of aliphatic hydroxyl groups is 12. The Morgan fingerprint density at radius 2 is 0.742 bits per heavy atom. The van der Waals surface area contributed by atoms with Crippen LogP contribution in [0.15, 0.2) is 0 Å². The fourth-order valence-corrected chi connectivity index (χ4v) is 1.73. The summed E-state index contributed by atoms with van der Waals surface area (Å²) in [6.07, 6.45) is -21.0. The third-order valence-corrected chi connectivity index (χ3v) is 3.69. The molecule has 0 aromatic rings. The topological polar surface area (TPSA) is 323 Å². The van der Waals surface area contributed by atoms with Crippen molar-refractivity contribution >= 4 is 35.8 Å². The summed E-state index contributed by atoms with van der Waals surface area (Å²) in [6.45, 7) is -1.79. The van der Waals surface area contributed by atoms with E-state index in [1.54, 1.807) is 0 Å². The molecule has 31 heavy (non-hydrogen) atoms. The molecule has 0 saturated heterocycles. The monoisotopic (exact) mass is 570 g/mol. The average Bonchev–Trinajstić information content (AvgIpc) is 2.73. The van der Waals surface area contributed by atoms with Crippen molar-refractivity contribution in [3.05, 3.63) is 0 Å². The smallest absolute Gasteiger partial charge is 0.547 e. The molecule has 0 saturated carbocycles. The second-order valence-corrected chi connectivity index (χ2v) is 5.97. The molecule has 2 radical (unpaired) electrons. The van der Waals surface area contributed by atoms with Crippen molar-refractivity contribution in [2.75, 3.05) is 13.2 Å². The van der Waals surface area contributed by atoms with Crippen LogP contribution in [0.1, 0.15) is 0 Å². The van der Waals surface area contributed by atoms with Crippen LogP contribution in [0.5, 0.6) is 0 Å². The van der Waals surface area contributed by atoms with Crippen LogP contribution in [0.3, 0.4) is 0 Å². The summed E-state index contributed by atoms with van der Waals surface area (Å²) >= 11 is 0. The van der Waals surface area contributed by atoms with E-state index in [2.05, 4.69) is 0 Å². The quantitative estimate of drug-likeness (QED) is 0.0971. The number of hydrogen-bond donors (Lipinski definition) is 12. The number of carbonyl (C=O) groups excluding carboxylic acids is 2. The van der Waals surface area contributed by atoms with Gasteiger partial charge < -0.3 is 81.1 Å². The van der Waals surface area contributed by atoms with Crippen molar-refractivity contribution in [2.24, 2.45) is 0 Å². The van der Waals surface area contributed by atoms with Gasteiger partial charge in [-0.3, -0.25) is 0 Å². The summed E-state index contributed by atoms with van der Waals surface area (Å²) in [4.78, 5) is 20.2. The van der Waals surface area contributed by atoms with Crippen LogP contribution in [0.2, 0.25) is 0 Å². The third kappa shape index (κ3) is 11.6. The number of rotatable bonds is 12. The maximum absolute atomic E-state index is 10.1. The molecule has 0 aromatic carbocycles. The summed E-state index contributed by atoms with van der Waals surface area (Å²) in [5.41, 5.74) is 0. The molecule has 0 unspecified atom stereocenters. The van der Waals surface area contributed by atoms with E-state index in [1.807, 2.05) is 0 Å². The van der Waals surface area contributed by atoms with Crippen molar-refractivity contribution in [2.45, 2.75) is 61.0 Å². The number of carbonyl (C=O) groups is 2. The van der Waals surface area contributed by atoms with Crippen molar-refractivity contribution in [1.82, 2.24) is 0 Å². The second-order valence-electron chi connectivity index (χ2n) is 5.97. The minimum absolute atomic E-state index is 0. The van der Waals surface area contributed by atoms with Crippen LogP contribution in [0.25, 0.3) is 0 Å². The zero-order valence-electron chi connectivity index (χ0n) is 15.7. The van der Waals surface area contributed by atoms with Crippen LogP contribution in [0.4, 0.5) is 0 Å². The van der Waals surface area contributed by atoms with Crippen molar-refractivity contribution in [1.29, 1.82) is 0 Å². The standard InChI is InChI=1S/2C7H14O8.Sn/c2*8-1-2(9)3(10)4(11)5(12)6(13)7(14)15;/h2*2-6,8-13H,1H2,(H,14,15);/q;;+2/p-2/t2*2-,3-,4-,5+,6-;/m11./s1. The molecule has 182 valence electrons. The molecule has 0 aromatic heterocycles. The summed E-state index contributed by atoms with van der Waals surface area (Å²) in [6, 6.07) is 0. The molecule has 17 heteroatoms. The Morgan fingerprint density at radius 1 is 0.516 bits per heavy atom. The first kappa shape index (κ1) is 34.9. The Morgan fingerprint density at radius 3 is 0.903 bits per heavy atom. The van der Waals surface area contributed by atoms with Crippen LogP contribution >= 0.6 is 0 Å². The molecule has 12 N–H and O–H groups in total. The predicted octanol–water partition coefficient (Wildman–Crippen LogP) is -11.3. The predicted molar refractivity (Wildman–Crippen MR) is 90.0 cm³/mol. The fourth-order valence-electron chi connectivity index (χ4n) is 1.73. The average molecular weight is 569 g/mol. The Hall–Kier alpha value is -0.741. The fraction of sp³-hybridized carbons (Fsp3) is 0.857. The Bertz CT molecular complexity index is 465. The zero-order chi connectivity index (χ0) is 24.3. The summed E-state index contributed by atoms with van der Waals surface area (Å²) < 4.78 is 0. The van der Waals surface area contributed by atoms with Gasteiger partial charge >= 0.3 is 23.9 Å². The number of aliphatic carboxylic acids is 2. The van der Waals surface area contributed by atoms with E-state index in [0.717, 1.165) is 0 Å². The molecule has 0 aliphatic rings. The molecular formula is C14H26O16Sn. The van der Waals surface area contributed by atoms with Gasteiger partial charge in [-0.2, -0.15) is 0 Å². The Labute approximate surface area is 191 Å². The largest absolute Gasteiger partial charge is 2.00 e. The van der Waals surface area contributed by atoms with Gasteiger partial charge in [-0.25, -0.2) is 0 Å². The van der Waals surface area contributed by atoms with E-state index in [1.165, 1.54) is 0 Å². The zero-order valence-corrected chi connectivity index (χ0v) is 18.5. The van der Waals surface area contributed by atoms with E-state index in [0.29, 0.717) is 0 Å². The molecule has 0 amide bonds. The van der Waals surface area contributed by atoms with Gasteiger partial charge in [0, 0.05) is 0 Å². The molecule has 0 bridgehead atoms. The summed E-state index contributed by atoms with van der Waals surface area (Å²) in [5.74, 6) is -4.07. The number of carboxylic acid groups (broad SMARTS) is 2. The van der Waals surface area contributed by atoms with Gasteiger partial charge in [0.1, 0.15) is 61.0 Å². The number of carboxylic acids is 2. The molecule has 0 aliphatic carbocycles. The van der Waals surface area contributed by atoms with Gasteiger partial charge in [0.05, 0.1) is 25.2 Å². The van der Waals surface area contributed by atoms with Gasteiger partial charge in [-0.1, -0.05) is 0 Å². The number of aliphatic hydroxyl groups excluding tert-OH is 12. The van der Waals surface area contributed by atoms with E-state index in [-0.39, 0.29) is 23.9 Å². The third-order valence-electron chi connectivity index (χ3n) is 3.69. The summed E-state index contributed by atoms with van der Waals surface area (Å²) in [5, 5.41) is 126. The summed E-state index contributed by atoms with van der Waals surface area (Å²) in [7, 11) is 0. The molecule has 0 aliphatic heterocycles. The van der Waals surface area contributed by atoms with Gasteiger partial charge in [-0.05, 0) is 0 Å². The van der Waals surface area contributed by atoms with E-state index in [4.69, 9.17) is 61.3 Å². The Balaban J connectivity index is -0.000000490. The van der Waals surface area contributed by atoms with Crippen LogP contribution in [0, 0.1) is 0 Å². The van der Waals surface area contributed by atoms with Crippen LogP contribution < -0.4 is 10.2 Å². The molecular weight excluding hydrogens is 543 g/mol. The van der Waals surface area contributed by atoms with E-state index in [9.17, 15) is 19.8 Å². The molecule has 0 fully saturated rings. The maximum atomic E-state index is 10.1. The van der Waals surface area contributed by atoms with Gasteiger partial charge in [0.25, 0.3) is 0 Å². The minimum Gasteiger partial charge on any atom is -0.547 e. The van der Waals surface area contributed by atoms with E-state index < -0.39 is 86.2 Å². The normalized spacial score (nSPS) is 20.8. The minimum atomic E-state index is -2.40. The first-order valence-electron chi connectivity index (χ1n) is 8.09. The van der Waals surface area contributed by atoms with Crippen molar-refractivity contribution in [3.8, 4) is 0 Å². The molecule has 0 rings (SSSR count). The maximum Gasteiger partial charge on any atom is 2.00 e. The molecule has 0 heterocycles. The van der Waals surface area contributed by atoms with Gasteiger partial charge in [0.15, 0.2) is 0 Å². The van der Waals surface area contributed by atoms with Gasteiger partial charge in [0.2, 0.25) is 0 Å². The molecule has 16 nitrogen and oxygen atoms in total. The first-order chi connectivity index (χ1) is 13.6. The molecule has 10 atom stereocenters. The van der Waals surface area contributed by atoms with Crippen molar-refractivity contribution < 1.29 is 81.1 Å². The van der Waals surface area contributed by atoms with Crippen LogP contribution in [-0.4, -0.2) is 171 Å². The van der Waals surface area contributed by atoms with E-state index >= 15 is 0 Å². The first-order valence-corrected chi connectivity index (χ1v) is 8.09. The van der Waals surface area contributed by atoms with Gasteiger partial charge in [-0.15, -0.1) is 0 Å².